The van der Waals surface area contributed by atoms with Gasteiger partial charge in [-0.15, -0.1) is 0 Å². The van der Waals surface area contributed by atoms with Crippen molar-refractivity contribution in [2.75, 3.05) is 26.4 Å². The summed E-state index contributed by atoms with van der Waals surface area (Å²) in [6, 6.07) is 16.5. The van der Waals surface area contributed by atoms with E-state index in [4.69, 9.17) is 14.2 Å². The van der Waals surface area contributed by atoms with E-state index in [0.29, 0.717) is 32.2 Å². The van der Waals surface area contributed by atoms with E-state index in [-0.39, 0.29) is 29.5 Å². The summed E-state index contributed by atoms with van der Waals surface area (Å²) in [6.45, 7) is 13.1. The van der Waals surface area contributed by atoms with E-state index in [2.05, 4.69) is 51.3 Å². The first-order valence-electron chi connectivity index (χ1n) is 12.7. The molecule has 2 atom stereocenters. The molecule has 1 aliphatic rings. The average molecular weight is 491 g/mol. The molecule has 0 radical (unpaired) electrons. The largest absolute Gasteiger partial charge is 0.494 e. The van der Waals surface area contributed by atoms with Gasteiger partial charge in [0.2, 0.25) is 0 Å². The topological polar surface area (TPSA) is 61.8 Å². The first-order chi connectivity index (χ1) is 17.3. The third kappa shape index (κ3) is 7.92. The van der Waals surface area contributed by atoms with Gasteiger partial charge in [-0.1, -0.05) is 51.3 Å². The van der Waals surface area contributed by atoms with Gasteiger partial charge in [0.25, 0.3) is 0 Å². The van der Waals surface area contributed by atoms with E-state index < -0.39 is 0 Å². The molecule has 2 aromatic rings. The third-order valence-corrected chi connectivity index (χ3v) is 6.80. The lowest BCUT2D eigenvalue weighted by Crippen LogP contribution is -2.18. The second-order valence-corrected chi connectivity index (χ2v) is 9.80. The molecule has 3 rings (SSSR count). The Morgan fingerprint density at radius 3 is 1.94 bits per heavy atom. The molecule has 192 valence electrons. The van der Waals surface area contributed by atoms with Crippen LogP contribution in [-0.4, -0.2) is 38.0 Å². The van der Waals surface area contributed by atoms with Crippen molar-refractivity contribution in [1.82, 2.24) is 0 Å². The van der Waals surface area contributed by atoms with Crippen LogP contribution in [0, 0.1) is 11.8 Å². The van der Waals surface area contributed by atoms with Crippen LogP contribution in [0.2, 0.25) is 0 Å². The monoisotopic (exact) mass is 490 g/mol. The van der Waals surface area contributed by atoms with Gasteiger partial charge in [-0.05, 0) is 72.7 Å². The van der Waals surface area contributed by atoms with E-state index in [1.807, 2.05) is 24.3 Å². The SMILES string of the molecule is C=CC(=O)COCCCOc1ccc(C(C)(C)c2ccc(OCCCC3CC3C(=O)C=C)cc2)cc1. The summed E-state index contributed by atoms with van der Waals surface area (Å²) < 4.78 is 17.0. The van der Waals surface area contributed by atoms with Crippen LogP contribution in [0.3, 0.4) is 0 Å². The first kappa shape index (κ1) is 27.4. The fourth-order valence-corrected chi connectivity index (χ4v) is 4.29. The van der Waals surface area contributed by atoms with Gasteiger partial charge in [0.1, 0.15) is 18.1 Å². The zero-order valence-corrected chi connectivity index (χ0v) is 21.5. The second kappa shape index (κ2) is 13.2. The Balaban J connectivity index is 1.40. The Morgan fingerprint density at radius 2 is 1.42 bits per heavy atom. The predicted molar refractivity (Wildman–Crippen MR) is 143 cm³/mol. The maximum Gasteiger partial charge on any atom is 0.180 e. The second-order valence-electron chi connectivity index (χ2n) is 9.80. The minimum Gasteiger partial charge on any atom is -0.494 e. The van der Waals surface area contributed by atoms with Gasteiger partial charge < -0.3 is 14.2 Å². The van der Waals surface area contributed by atoms with Gasteiger partial charge in [0.15, 0.2) is 11.6 Å². The lowest BCUT2D eigenvalue weighted by Gasteiger charge is -2.26. The van der Waals surface area contributed by atoms with Crippen LogP contribution in [0.15, 0.2) is 73.8 Å². The molecule has 0 heterocycles. The average Bonchev–Trinajstić information content (AvgIpc) is 3.68. The number of carbonyl (C=O) groups is 2. The van der Waals surface area contributed by atoms with Crippen molar-refractivity contribution in [3.05, 3.63) is 85.0 Å². The van der Waals surface area contributed by atoms with Crippen LogP contribution in [0.5, 0.6) is 11.5 Å². The molecule has 0 N–H and O–H groups in total. The van der Waals surface area contributed by atoms with Crippen molar-refractivity contribution in [1.29, 1.82) is 0 Å². The van der Waals surface area contributed by atoms with E-state index in [0.717, 1.165) is 30.8 Å². The highest BCUT2D eigenvalue weighted by atomic mass is 16.5. The lowest BCUT2D eigenvalue weighted by atomic mass is 9.78. The number of allylic oxidation sites excluding steroid dienone is 1. The van der Waals surface area contributed by atoms with E-state index in [1.54, 1.807) is 0 Å². The summed E-state index contributed by atoms with van der Waals surface area (Å²) in [5.41, 5.74) is 2.24. The van der Waals surface area contributed by atoms with E-state index >= 15 is 0 Å². The maximum absolute atomic E-state index is 11.6. The van der Waals surface area contributed by atoms with Gasteiger partial charge >= 0.3 is 0 Å². The van der Waals surface area contributed by atoms with E-state index in [1.165, 1.54) is 23.3 Å². The van der Waals surface area contributed by atoms with Crippen molar-refractivity contribution < 1.29 is 23.8 Å². The highest BCUT2D eigenvalue weighted by Crippen LogP contribution is 2.42. The molecule has 2 unspecified atom stereocenters. The summed E-state index contributed by atoms with van der Waals surface area (Å²) in [7, 11) is 0. The van der Waals surface area contributed by atoms with Crippen LogP contribution < -0.4 is 9.47 Å². The van der Waals surface area contributed by atoms with Gasteiger partial charge in [0.05, 0.1) is 19.8 Å². The molecule has 5 nitrogen and oxygen atoms in total. The molecule has 1 saturated carbocycles. The van der Waals surface area contributed by atoms with Crippen LogP contribution in [0.4, 0.5) is 0 Å². The Bertz CT molecular complexity index is 1020. The molecule has 0 bridgehead atoms. The number of hydrogen-bond donors (Lipinski definition) is 0. The van der Waals surface area contributed by atoms with Crippen molar-refractivity contribution in [3.8, 4) is 11.5 Å². The molecule has 0 spiro atoms. The summed E-state index contributed by atoms with van der Waals surface area (Å²) >= 11 is 0. The van der Waals surface area contributed by atoms with Crippen LogP contribution in [0.25, 0.3) is 0 Å². The van der Waals surface area contributed by atoms with Gasteiger partial charge in [0, 0.05) is 17.8 Å². The number of ether oxygens (including phenoxy) is 3. The third-order valence-electron chi connectivity index (χ3n) is 6.80. The van der Waals surface area contributed by atoms with Gasteiger partial charge in [-0.3, -0.25) is 9.59 Å². The van der Waals surface area contributed by atoms with Crippen molar-refractivity contribution in [2.24, 2.45) is 11.8 Å². The highest BCUT2D eigenvalue weighted by Gasteiger charge is 2.40. The molecule has 36 heavy (non-hydrogen) atoms. The minimum atomic E-state index is -0.165. The zero-order chi connectivity index (χ0) is 26.0. The molecule has 0 aliphatic heterocycles. The van der Waals surface area contributed by atoms with Crippen LogP contribution >= 0.6 is 0 Å². The number of benzene rings is 2. The predicted octanol–water partition coefficient (Wildman–Crippen LogP) is 6.10. The van der Waals surface area contributed by atoms with Crippen LogP contribution in [-0.2, 0) is 19.7 Å². The normalized spacial score (nSPS) is 16.7. The summed E-state index contributed by atoms with van der Waals surface area (Å²) in [4.78, 5) is 22.7. The Kier molecular flexibility index (Phi) is 10.1. The summed E-state index contributed by atoms with van der Waals surface area (Å²) in [5.74, 6) is 2.45. The van der Waals surface area contributed by atoms with Crippen molar-refractivity contribution >= 4 is 11.6 Å². The number of carbonyl (C=O) groups excluding carboxylic acids is 2. The Hall–Kier alpha value is -3.18. The lowest BCUT2D eigenvalue weighted by molar-refractivity contribution is -0.119. The van der Waals surface area contributed by atoms with Crippen LogP contribution in [0.1, 0.15) is 50.7 Å². The Labute approximate surface area is 215 Å². The zero-order valence-electron chi connectivity index (χ0n) is 21.5. The van der Waals surface area contributed by atoms with Gasteiger partial charge in [-0.25, -0.2) is 0 Å². The fourth-order valence-electron chi connectivity index (χ4n) is 4.29. The van der Waals surface area contributed by atoms with E-state index in [9.17, 15) is 9.59 Å². The Morgan fingerprint density at radius 1 is 0.861 bits per heavy atom. The van der Waals surface area contributed by atoms with Gasteiger partial charge in [-0.2, -0.15) is 0 Å². The molecule has 1 fully saturated rings. The standard InChI is InChI=1S/C31H38O5/c1-5-26(32)22-34-18-8-20-36-28-16-12-25(13-17-28)31(3,4)24-10-14-27(15-11-24)35-19-7-9-23-21-29(23)30(33)6-2/h5-6,10-17,23,29H,1-2,7-9,18-22H2,3-4H3. The van der Waals surface area contributed by atoms with Crippen molar-refractivity contribution in [3.63, 3.8) is 0 Å². The number of rotatable bonds is 17. The number of hydrogen-bond acceptors (Lipinski definition) is 5. The molecule has 5 heteroatoms. The molecule has 2 aromatic carbocycles. The molecule has 0 saturated heterocycles. The molecular formula is C31H38O5. The summed E-state index contributed by atoms with van der Waals surface area (Å²) in [5, 5.41) is 0. The minimum absolute atomic E-state index is 0.0702. The molecule has 0 aromatic heterocycles. The molecular weight excluding hydrogens is 452 g/mol. The number of ketones is 2. The quantitative estimate of drug-likeness (QED) is 0.198. The fraction of sp³-hybridized carbons (Fsp3) is 0.419. The first-order valence-corrected chi connectivity index (χ1v) is 12.7. The molecule has 1 aliphatic carbocycles. The smallest absolute Gasteiger partial charge is 0.180 e. The highest BCUT2D eigenvalue weighted by molar-refractivity contribution is 5.93. The molecule has 0 amide bonds. The van der Waals surface area contributed by atoms with Crippen molar-refractivity contribution in [2.45, 2.75) is 44.9 Å². The maximum atomic E-state index is 11.6. The summed E-state index contributed by atoms with van der Waals surface area (Å²) in [6.07, 6.45) is 6.40.